The zero-order valence-electron chi connectivity index (χ0n) is 20.0. The van der Waals surface area contributed by atoms with Crippen molar-refractivity contribution in [1.29, 1.82) is 0 Å². The second-order valence-electron chi connectivity index (χ2n) is 11.4. The number of thioether (sulfide) groups is 1. The van der Waals surface area contributed by atoms with E-state index in [1.165, 1.54) is 9.80 Å². The van der Waals surface area contributed by atoms with Gasteiger partial charge < -0.3 is 0 Å². The van der Waals surface area contributed by atoms with Crippen LogP contribution in [0.2, 0.25) is 0 Å². The molecule has 2 rings (SSSR count). The summed E-state index contributed by atoms with van der Waals surface area (Å²) < 4.78 is -0.0937. The molecule has 0 radical (unpaired) electrons. The van der Waals surface area contributed by atoms with Gasteiger partial charge in [0.25, 0.3) is 0 Å². The van der Waals surface area contributed by atoms with E-state index in [0.717, 1.165) is 0 Å². The second kappa shape index (κ2) is 8.29. The number of nitrogens with zero attached hydrogens (tertiary/aromatic N) is 2. The van der Waals surface area contributed by atoms with Gasteiger partial charge in [0.2, 0.25) is 23.6 Å². The Balaban J connectivity index is 2.04. The highest BCUT2D eigenvalue weighted by Gasteiger charge is 2.49. The van der Waals surface area contributed by atoms with Crippen LogP contribution in [0.25, 0.3) is 0 Å². The fourth-order valence-electron chi connectivity index (χ4n) is 4.46. The second-order valence-corrected chi connectivity index (χ2v) is 13.4. The van der Waals surface area contributed by atoms with Gasteiger partial charge in [0.05, 0.1) is 5.25 Å². The molecule has 7 heteroatoms. The van der Waals surface area contributed by atoms with Gasteiger partial charge in [0, 0.05) is 34.6 Å². The molecular formula is C23H38N2O4S. The lowest BCUT2D eigenvalue weighted by Gasteiger charge is -2.36. The number of likely N-dealkylation sites (tertiary alicyclic amines) is 2. The fraction of sp³-hybridized carbons (Fsp3) is 0.826. The highest BCUT2D eigenvalue weighted by molar-refractivity contribution is 8.01. The van der Waals surface area contributed by atoms with Crippen LogP contribution in [0.4, 0.5) is 0 Å². The molecule has 2 aliphatic rings. The minimum Gasteiger partial charge on any atom is -0.277 e. The highest BCUT2D eigenvalue weighted by atomic mass is 32.2. The first-order valence-corrected chi connectivity index (χ1v) is 11.8. The van der Waals surface area contributed by atoms with Crippen molar-refractivity contribution >= 4 is 35.4 Å². The van der Waals surface area contributed by atoms with Gasteiger partial charge in [-0.25, -0.2) is 0 Å². The van der Waals surface area contributed by atoms with Crippen molar-refractivity contribution in [3.8, 4) is 0 Å². The van der Waals surface area contributed by atoms with Gasteiger partial charge in [-0.2, -0.15) is 0 Å². The van der Waals surface area contributed by atoms with Crippen LogP contribution in [0.5, 0.6) is 0 Å². The average Bonchev–Trinajstić information content (AvgIpc) is 2.99. The summed E-state index contributed by atoms with van der Waals surface area (Å²) in [6, 6.07) is 0. The van der Waals surface area contributed by atoms with Crippen LogP contribution in [0.3, 0.4) is 0 Å². The molecule has 0 saturated carbocycles. The van der Waals surface area contributed by atoms with Crippen molar-refractivity contribution < 1.29 is 19.2 Å². The Hall–Kier alpha value is -1.37. The summed E-state index contributed by atoms with van der Waals surface area (Å²) >= 11 is 1.54. The number of amides is 4. The third kappa shape index (κ3) is 5.27. The molecule has 3 unspecified atom stereocenters. The van der Waals surface area contributed by atoms with Crippen LogP contribution in [0, 0.1) is 11.8 Å². The van der Waals surface area contributed by atoms with Crippen molar-refractivity contribution in [2.75, 3.05) is 0 Å². The maximum absolute atomic E-state index is 13.0. The smallest absolute Gasteiger partial charge is 0.243 e. The summed E-state index contributed by atoms with van der Waals surface area (Å²) in [6.07, 6.45) is 1.76. The predicted octanol–water partition coefficient (Wildman–Crippen LogP) is 4.01. The maximum atomic E-state index is 13.0. The maximum Gasteiger partial charge on any atom is 0.243 e. The van der Waals surface area contributed by atoms with Crippen LogP contribution < -0.4 is 0 Å². The molecule has 4 amide bonds. The zero-order valence-corrected chi connectivity index (χ0v) is 20.8. The van der Waals surface area contributed by atoms with E-state index in [-0.39, 0.29) is 58.3 Å². The number of carbonyl (C=O) groups is 4. The lowest BCUT2D eigenvalue weighted by molar-refractivity contribution is -0.147. The molecule has 2 saturated heterocycles. The minimum atomic E-state index is -0.620. The molecule has 2 fully saturated rings. The largest absolute Gasteiger partial charge is 0.277 e. The van der Waals surface area contributed by atoms with Crippen molar-refractivity contribution in [1.82, 2.24) is 9.80 Å². The topological polar surface area (TPSA) is 74.8 Å². The van der Waals surface area contributed by atoms with E-state index in [4.69, 9.17) is 0 Å². The van der Waals surface area contributed by atoms with Gasteiger partial charge in [-0.05, 0) is 53.4 Å². The van der Waals surface area contributed by atoms with Gasteiger partial charge in [-0.15, -0.1) is 11.8 Å². The third-order valence-electron chi connectivity index (χ3n) is 5.96. The summed E-state index contributed by atoms with van der Waals surface area (Å²) in [5.41, 5.74) is -1.14. The number of hydrogen-bond acceptors (Lipinski definition) is 5. The Morgan fingerprint density at radius 2 is 1.40 bits per heavy atom. The molecule has 30 heavy (non-hydrogen) atoms. The summed E-state index contributed by atoms with van der Waals surface area (Å²) in [6.45, 7) is 17.6. The number of rotatable bonds is 6. The summed E-state index contributed by atoms with van der Waals surface area (Å²) in [5.74, 6) is -0.778. The van der Waals surface area contributed by atoms with E-state index in [1.54, 1.807) is 11.8 Å². The fourth-order valence-corrected chi connectivity index (χ4v) is 5.74. The first kappa shape index (κ1) is 24.9. The monoisotopic (exact) mass is 438 g/mol. The molecule has 3 atom stereocenters. The Morgan fingerprint density at radius 3 is 1.87 bits per heavy atom. The molecule has 0 aromatic heterocycles. The quantitative estimate of drug-likeness (QED) is 0.586. The van der Waals surface area contributed by atoms with Crippen LogP contribution in [0.1, 0.15) is 88.0 Å². The first-order chi connectivity index (χ1) is 13.5. The van der Waals surface area contributed by atoms with Gasteiger partial charge in [0.15, 0.2) is 0 Å². The van der Waals surface area contributed by atoms with Crippen LogP contribution >= 0.6 is 11.8 Å². The molecular weight excluding hydrogens is 400 g/mol. The minimum absolute atomic E-state index is 0.000583. The van der Waals surface area contributed by atoms with E-state index < -0.39 is 11.1 Å². The van der Waals surface area contributed by atoms with Crippen molar-refractivity contribution in [3.05, 3.63) is 0 Å². The SMILES string of the molecule is CC(CCC(C)(C)N1C(=O)CC(SC(C)(C)C)C1=O)C1CC(=O)N(C(C)(C)C)C1=O. The van der Waals surface area contributed by atoms with Crippen LogP contribution in [-0.4, -0.2) is 54.5 Å². The molecule has 0 aromatic rings. The summed E-state index contributed by atoms with van der Waals surface area (Å²) in [7, 11) is 0. The summed E-state index contributed by atoms with van der Waals surface area (Å²) in [5, 5.41) is -0.330. The predicted molar refractivity (Wildman–Crippen MR) is 120 cm³/mol. The Kier molecular flexibility index (Phi) is 6.88. The van der Waals surface area contributed by atoms with Crippen molar-refractivity contribution in [2.45, 2.75) is 109 Å². The first-order valence-electron chi connectivity index (χ1n) is 10.9. The van der Waals surface area contributed by atoms with Gasteiger partial charge in [0.1, 0.15) is 0 Å². The standard InChI is InChI=1S/C23H38N2O4S/c1-14(15-12-17(26)24(19(15)28)21(2,3)4)10-11-23(8,9)25-18(27)13-16(20(25)29)30-22(5,6)7/h14-16H,10-13H2,1-9H3. The van der Waals surface area contributed by atoms with E-state index in [0.29, 0.717) is 12.8 Å². The summed E-state index contributed by atoms with van der Waals surface area (Å²) in [4.78, 5) is 53.7. The molecule has 0 aromatic carbocycles. The van der Waals surface area contributed by atoms with Crippen molar-refractivity contribution in [3.63, 3.8) is 0 Å². The zero-order chi connectivity index (χ0) is 23.2. The Labute approximate surface area is 185 Å². The average molecular weight is 439 g/mol. The molecule has 0 spiro atoms. The third-order valence-corrected chi connectivity index (χ3v) is 7.32. The molecule has 2 aliphatic heterocycles. The Bertz CT molecular complexity index is 732. The number of imide groups is 2. The van der Waals surface area contributed by atoms with E-state index in [2.05, 4.69) is 0 Å². The normalized spacial score (nSPS) is 25.0. The number of hydrogen-bond donors (Lipinski definition) is 0. The van der Waals surface area contributed by atoms with Gasteiger partial charge in [-0.3, -0.25) is 29.0 Å². The van der Waals surface area contributed by atoms with Gasteiger partial charge >= 0.3 is 0 Å². The number of carbonyl (C=O) groups excluding carboxylic acids is 4. The molecule has 0 aliphatic carbocycles. The lowest BCUT2D eigenvalue weighted by Crippen LogP contribution is -2.48. The van der Waals surface area contributed by atoms with Crippen LogP contribution in [-0.2, 0) is 19.2 Å². The van der Waals surface area contributed by atoms with E-state index >= 15 is 0 Å². The van der Waals surface area contributed by atoms with Gasteiger partial charge in [-0.1, -0.05) is 27.7 Å². The van der Waals surface area contributed by atoms with Crippen molar-refractivity contribution in [2.24, 2.45) is 11.8 Å². The molecule has 6 nitrogen and oxygen atoms in total. The van der Waals surface area contributed by atoms with E-state index in [9.17, 15) is 19.2 Å². The lowest BCUT2D eigenvalue weighted by atomic mass is 9.84. The molecule has 2 heterocycles. The molecule has 0 N–H and O–H groups in total. The highest BCUT2D eigenvalue weighted by Crippen LogP contribution is 2.39. The molecule has 0 bridgehead atoms. The Morgan fingerprint density at radius 1 is 0.867 bits per heavy atom. The molecule has 170 valence electrons. The van der Waals surface area contributed by atoms with E-state index in [1.807, 2.05) is 62.3 Å². The van der Waals surface area contributed by atoms with Crippen LogP contribution in [0.15, 0.2) is 0 Å².